The summed E-state index contributed by atoms with van der Waals surface area (Å²) in [5, 5.41) is 2.51. The molecule has 0 saturated heterocycles. The molecule has 4 rings (SSSR count). The van der Waals surface area contributed by atoms with Crippen LogP contribution < -0.4 is 15.6 Å². The molecule has 1 N–H and O–H groups in total. The predicted octanol–water partition coefficient (Wildman–Crippen LogP) is 3.72. The molecule has 0 aliphatic heterocycles. The van der Waals surface area contributed by atoms with Crippen LogP contribution in [0.4, 0.5) is 0 Å². The van der Waals surface area contributed by atoms with Gasteiger partial charge in [-0.2, -0.15) is 0 Å². The summed E-state index contributed by atoms with van der Waals surface area (Å²) < 4.78 is 12.9. The van der Waals surface area contributed by atoms with Gasteiger partial charge in [0.1, 0.15) is 30.3 Å². The number of halogens is 1. The minimum Gasteiger partial charge on any atom is -0.458 e. The molecular weight excluding hydrogens is 490 g/mol. The first kappa shape index (κ1) is 22.2. The van der Waals surface area contributed by atoms with E-state index < -0.39 is 11.9 Å². The highest BCUT2D eigenvalue weighted by molar-refractivity contribution is 9.10. The number of aromatic nitrogens is 2. The van der Waals surface area contributed by atoms with Crippen LogP contribution in [0.5, 0.6) is 11.5 Å². The van der Waals surface area contributed by atoms with Crippen molar-refractivity contribution in [1.29, 1.82) is 0 Å². The quantitative estimate of drug-likeness (QED) is 0.382. The molecule has 0 saturated carbocycles. The molecular formula is C24H18BrN3O5. The SMILES string of the molecule is O=C(CNC(=O)c1ccc(Oc2ccccc2)cc1)OCc1cc(=O)n2cc(Br)ccc2n1. The first-order valence-corrected chi connectivity index (χ1v) is 10.7. The highest BCUT2D eigenvalue weighted by atomic mass is 79.9. The third kappa shape index (κ3) is 5.83. The van der Waals surface area contributed by atoms with Crippen molar-refractivity contribution in [2.45, 2.75) is 6.61 Å². The number of nitrogens with zero attached hydrogens (tertiary/aromatic N) is 2. The second-order valence-corrected chi connectivity index (χ2v) is 7.86. The van der Waals surface area contributed by atoms with E-state index >= 15 is 0 Å². The number of rotatable bonds is 7. The molecule has 1 amide bonds. The Hall–Kier alpha value is -3.98. The Morgan fingerprint density at radius 3 is 2.45 bits per heavy atom. The zero-order valence-corrected chi connectivity index (χ0v) is 18.8. The Bertz CT molecular complexity index is 1350. The van der Waals surface area contributed by atoms with E-state index in [1.165, 1.54) is 10.5 Å². The lowest BCUT2D eigenvalue weighted by Crippen LogP contribution is -2.30. The molecule has 0 spiro atoms. The summed E-state index contributed by atoms with van der Waals surface area (Å²) in [4.78, 5) is 40.8. The topological polar surface area (TPSA) is 99.0 Å². The lowest BCUT2D eigenvalue weighted by molar-refractivity contribution is -0.143. The predicted molar refractivity (Wildman–Crippen MR) is 124 cm³/mol. The fourth-order valence-corrected chi connectivity index (χ4v) is 3.30. The summed E-state index contributed by atoms with van der Waals surface area (Å²) in [6.45, 7) is -0.497. The summed E-state index contributed by atoms with van der Waals surface area (Å²) in [6, 6.07) is 20.5. The van der Waals surface area contributed by atoms with E-state index in [0.717, 1.165) is 4.47 Å². The molecule has 0 radical (unpaired) electrons. The van der Waals surface area contributed by atoms with Crippen LogP contribution in [0.1, 0.15) is 16.1 Å². The van der Waals surface area contributed by atoms with Crippen molar-refractivity contribution in [3.63, 3.8) is 0 Å². The number of carbonyl (C=O) groups is 2. The van der Waals surface area contributed by atoms with Gasteiger partial charge in [-0.25, -0.2) is 4.98 Å². The normalized spacial score (nSPS) is 10.6. The number of benzene rings is 2. The van der Waals surface area contributed by atoms with Crippen molar-refractivity contribution in [2.75, 3.05) is 6.54 Å². The molecule has 2 aromatic heterocycles. The Balaban J connectivity index is 1.28. The van der Waals surface area contributed by atoms with Gasteiger partial charge < -0.3 is 14.8 Å². The van der Waals surface area contributed by atoms with Crippen LogP contribution in [0.2, 0.25) is 0 Å². The first-order valence-electron chi connectivity index (χ1n) is 9.92. The summed E-state index contributed by atoms with van der Waals surface area (Å²) in [5.74, 6) is 0.202. The number of esters is 1. The second-order valence-electron chi connectivity index (χ2n) is 6.94. The largest absolute Gasteiger partial charge is 0.458 e. The minimum absolute atomic E-state index is 0.179. The highest BCUT2D eigenvalue weighted by Gasteiger charge is 2.11. The van der Waals surface area contributed by atoms with Crippen molar-refractivity contribution in [1.82, 2.24) is 14.7 Å². The fraction of sp³-hybridized carbons (Fsp3) is 0.0833. The van der Waals surface area contributed by atoms with Crippen LogP contribution in [0, 0.1) is 0 Å². The highest BCUT2D eigenvalue weighted by Crippen LogP contribution is 2.21. The molecule has 0 unspecified atom stereocenters. The number of pyridine rings is 1. The van der Waals surface area contributed by atoms with E-state index in [-0.39, 0.29) is 18.7 Å². The Kier molecular flexibility index (Phi) is 6.80. The Labute approximate surface area is 196 Å². The molecule has 33 heavy (non-hydrogen) atoms. The average molecular weight is 508 g/mol. The second kappa shape index (κ2) is 10.1. The van der Waals surface area contributed by atoms with Gasteiger partial charge in [0.15, 0.2) is 0 Å². The van der Waals surface area contributed by atoms with Crippen LogP contribution in [-0.2, 0) is 16.1 Å². The van der Waals surface area contributed by atoms with Crippen LogP contribution in [0.3, 0.4) is 0 Å². The molecule has 0 atom stereocenters. The number of nitrogens with one attached hydrogen (secondary N) is 1. The van der Waals surface area contributed by atoms with Gasteiger partial charge in [-0.3, -0.25) is 18.8 Å². The smallest absolute Gasteiger partial charge is 0.325 e. The van der Waals surface area contributed by atoms with Crippen molar-refractivity contribution in [2.24, 2.45) is 0 Å². The van der Waals surface area contributed by atoms with E-state index in [1.54, 1.807) is 42.6 Å². The van der Waals surface area contributed by atoms with Gasteiger partial charge in [0.05, 0.1) is 5.69 Å². The number of hydrogen-bond acceptors (Lipinski definition) is 6. The van der Waals surface area contributed by atoms with Gasteiger partial charge in [-0.15, -0.1) is 0 Å². The molecule has 0 aliphatic carbocycles. The molecule has 2 heterocycles. The van der Waals surface area contributed by atoms with Crippen LogP contribution in [0.15, 0.2) is 88.3 Å². The van der Waals surface area contributed by atoms with Crippen molar-refractivity contribution in [3.8, 4) is 11.5 Å². The van der Waals surface area contributed by atoms with Gasteiger partial charge in [0.2, 0.25) is 0 Å². The lowest BCUT2D eigenvalue weighted by Gasteiger charge is -2.08. The third-order valence-electron chi connectivity index (χ3n) is 4.55. The summed E-state index contributed by atoms with van der Waals surface area (Å²) in [6.07, 6.45) is 1.61. The van der Waals surface area contributed by atoms with Gasteiger partial charge in [0, 0.05) is 22.3 Å². The van der Waals surface area contributed by atoms with Crippen molar-refractivity contribution < 1.29 is 19.1 Å². The number of hydrogen-bond donors (Lipinski definition) is 1. The number of fused-ring (bicyclic) bond motifs is 1. The van der Waals surface area contributed by atoms with Gasteiger partial charge in [0.25, 0.3) is 11.5 Å². The van der Waals surface area contributed by atoms with Gasteiger partial charge in [-0.1, -0.05) is 18.2 Å². The van der Waals surface area contributed by atoms with Gasteiger partial charge in [-0.05, 0) is 64.5 Å². The minimum atomic E-state index is -0.648. The Morgan fingerprint density at radius 1 is 0.970 bits per heavy atom. The zero-order valence-electron chi connectivity index (χ0n) is 17.2. The summed E-state index contributed by atoms with van der Waals surface area (Å²) >= 11 is 3.30. The maximum absolute atomic E-state index is 12.3. The molecule has 0 aliphatic rings. The number of ether oxygens (including phenoxy) is 2. The first-order chi connectivity index (χ1) is 16.0. The number of para-hydroxylation sites is 1. The van der Waals surface area contributed by atoms with E-state index in [9.17, 15) is 14.4 Å². The molecule has 9 heteroatoms. The van der Waals surface area contributed by atoms with E-state index in [0.29, 0.717) is 28.4 Å². The summed E-state index contributed by atoms with van der Waals surface area (Å²) in [5.41, 5.74) is 0.833. The molecule has 8 nitrogen and oxygen atoms in total. The fourth-order valence-electron chi connectivity index (χ4n) is 2.96. The number of carbonyl (C=O) groups excluding carboxylic acids is 2. The van der Waals surface area contributed by atoms with Crippen LogP contribution in [0.25, 0.3) is 5.65 Å². The Morgan fingerprint density at radius 2 is 1.70 bits per heavy atom. The molecule has 0 fully saturated rings. The maximum Gasteiger partial charge on any atom is 0.325 e. The third-order valence-corrected chi connectivity index (χ3v) is 5.02. The molecule has 166 valence electrons. The van der Waals surface area contributed by atoms with Crippen molar-refractivity contribution >= 4 is 33.5 Å². The van der Waals surface area contributed by atoms with E-state index in [2.05, 4.69) is 26.2 Å². The van der Waals surface area contributed by atoms with Crippen LogP contribution in [-0.4, -0.2) is 27.8 Å². The van der Waals surface area contributed by atoms with E-state index in [4.69, 9.17) is 9.47 Å². The molecule has 4 aromatic rings. The van der Waals surface area contributed by atoms with Crippen LogP contribution >= 0.6 is 15.9 Å². The monoisotopic (exact) mass is 507 g/mol. The standard InChI is InChI=1S/C24H18BrN3O5/c25-17-8-11-21-27-18(12-22(29)28(21)14-17)15-32-23(30)13-26-24(31)16-6-9-20(10-7-16)33-19-4-2-1-3-5-19/h1-12,14H,13,15H2,(H,26,31). The summed E-state index contributed by atoms with van der Waals surface area (Å²) in [7, 11) is 0. The van der Waals surface area contributed by atoms with E-state index in [1.807, 2.05) is 30.3 Å². The molecule has 2 aromatic carbocycles. The average Bonchev–Trinajstić information content (AvgIpc) is 2.83. The lowest BCUT2D eigenvalue weighted by atomic mass is 10.2. The van der Waals surface area contributed by atoms with Crippen molar-refractivity contribution in [3.05, 3.63) is 105 Å². The van der Waals surface area contributed by atoms with Gasteiger partial charge >= 0.3 is 5.97 Å². The number of amides is 1. The molecule has 0 bridgehead atoms. The zero-order chi connectivity index (χ0) is 23.2. The maximum atomic E-state index is 12.3.